The van der Waals surface area contributed by atoms with Crippen LogP contribution < -0.4 is 10.7 Å². The Morgan fingerprint density at radius 2 is 1.79 bits per heavy atom. The summed E-state index contributed by atoms with van der Waals surface area (Å²) < 4.78 is 0. The molecule has 0 unspecified atom stereocenters. The van der Waals surface area contributed by atoms with Crippen molar-refractivity contribution in [3.05, 3.63) is 71.8 Å². The van der Waals surface area contributed by atoms with Gasteiger partial charge in [-0.2, -0.15) is 5.10 Å². The van der Waals surface area contributed by atoms with Crippen molar-refractivity contribution < 1.29 is 9.90 Å². The van der Waals surface area contributed by atoms with Crippen LogP contribution in [0.1, 0.15) is 15.9 Å². The molecule has 3 N–H and O–H groups in total. The molecule has 3 aromatic carbocycles. The van der Waals surface area contributed by atoms with Crippen LogP contribution in [0.2, 0.25) is 0 Å². The smallest absolute Gasteiger partial charge is 0.273 e. The van der Waals surface area contributed by atoms with Gasteiger partial charge in [0.1, 0.15) is 5.75 Å². The number of hydrazone groups is 1. The molecule has 3 rings (SSSR count). The Balaban J connectivity index is 1.85. The van der Waals surface area contributed by atoms with E-state index in [1.807, 2.05) is 42.5 Å². The predicted octanol–water partition coefficient (Wildman–Crippen LogP) is 3.35. The number of benzene rings is 3. The van der Waals surface area contributed by atoms with Crippen molar-refractivity contribution in [3.8, 4) is 5.75 Å². The predicted molar refractivity (Wildman–Crippen MR) is 96.7 cm³/mol. The van der Waals surface area contributed by atoms with Gasteiger partial charge in [0, 0.05) is 18.3 Å². The van der Waals surface area contributed by atoms with Crippen LogP contribution in [0.25, 0.3) is 10.8 Å². The SMILES string of the molecule is CNc1ccccc1C(=O)N/N=C\c1c(O)ccc2ccccc12. The zero-order chi connectivity index (χ0) is 16.9. The van der Waals surface area contributed by atoms with E-state index in [1.54, 1.807) is 25.2 Å². The Labute approximate surface area is 139 Å². The maximum absolute atomic E-state index is 12.2. The van der Waals surface area contributed by atoms with E-state index >= 15 is 0 Å². The lowest BCUT2D eigenvalue weighted by Gasteiger charge is -2.07. The van der Waals surface area contributed by atoms with Gasteiger partial charge in [0.15, 0.2) is 0 Å². The van der Waals surface area contributed by atoms with Crippen LogP contribution in [0.5, 0.6) is 5.75 Å². The molecule has 0 aromatic heterocycles. The number of hydrogen-bond acceptors (Lipinski definition) is 4. The Bertz CT molecular complexity index is 919. The molecule has 0 aliphatic carbocycles. The zero-order valence-electron chi connectivity index (χ0n) is 13.2. The quantitative estimate of drug-likeness (QED) is 0.510. The van der Waals surface area contributed by atoms with Crippen LogP contribution in [0, 0.1) is 0 Å². The highest BCUT2D eigenvalue weighted by Crippen LogP contribution is 2.25. The third kappa shape index (κ3) is 3.05. The molecule has 1 amide bonds. The number of phenols is 1. The molecule has 120 valence electrons. The number of fused-ring (bicyclic) bond motifs is 1. The number of carbonyl (C=O) groups is 1. The molecule has 0 aliphatic rings. The van der Waals surface area contributed by atoms with Crippen LogP contribution in [-0.2, 0) is 0 Å². The van der Waals surface area contributed by atoms with Gasteiger partial charge in [-0.15, -0.1) is 0 Å². The summed E-state index contributed by atoms with van der Waals surface area (Å²) in [5.74, 6) is -0.210. The van der Waals surface area contributed by atoms with Gasteiger partial charge >= 0.3 is 0 Å². The van der Waals surface area contributed by atoms with Crippen LogP contribution in [0.4, 0.5) is 5.69 Å². The summed E-state index contributed by atoms with van der Waals surface area (Å²) in [5, 5.41) is 18.9. The lowest BCUT2D eigenvalue weighted by molar-refractivity contribution is 0.0956. The Kier molecular flexibility index (Phi) is 4.43. The second kappa shape index (κ2) is 6.83. The van der Waals surface area contributed by atoms with E-state index in [4.69, 9.17) is 0 Å². The van der Waals surface area contributed by atoms with Crippen LogP contribution in [0.15, 0.2) is 65.8 Å². The molecule has 0 radical (unpaired) electrons. The second-order valence-electron chi connectivity index (χ2n) is 5.21. The molecule has 5 nitrogen and oxygen atoms in total. The van der Waals surface area contributed by atoms with E-state index < -0.39 is 0 Å². The Hall–Kier alpha value is -3.34. The Morgan fingerprint density at radius 1 is 1.04 bits per heavy atom. The third-order valence-corrected chi connectivity index (χ3v) is 3.75. The van der Waals surface area contributed by atoms with Gasteiger partial charge in [0.2, 0.25) is 0 Å². The third-order valence-electron chi connectivity index (χ3n) is 3.75. The number of aromatic hydroxyl groups is 1. The summed E-state index contributed by atoms with van der Waals surface area (Å²) in [6, 6.07) is 18.3. The van der Waals surface area contributed by atoms with Gasteiger partial charge in [0.05, 0.1) is 11.8 Å². The molecule has 0 heterocycles. The van der Waals surface area contributed by atoms with E-state index in [1.165, 1.54) is 6.21 Å². The summed E-state index contributed by atoms with van der Waals surface area (Å²) in [7, 11) is 1.75. The molecule has 0 atom stereocenters. The van der Waals surface area contributed by atoms with Gasteiger partial charge in [-0.3, -0.25) is 4.79 Å². The highest BCUT2D eigenvalue weighted by atomic mass is 16.3. The van der Waals surface area contributed by atoms with Crippen LogP contribution in [-0.4, -0.2) is 24.3 Å². The summed E-state index contributed by atoms with van der Waals surface area (Å²) in [4.78, 5) is 12.2. The molecule has 5 heteroatoms. The van der Waals surface area contributed by atoms with E-state index in [2.05, 4.69) is 15.8 Å². The number of para-hydroxylation sites is 1. The van der Waals surface area contributed by atoms with Crippen molar-refractivity contribution in [2.24, 2.45) is 5.10 Å². The number of nitrogens with one attached hydrogen (secondary N) is 2. The second-order valence-corrected chi connectivity index (χ2v) is 5.21. The number of amides is 1. The first-order chi connectivity index (χ1) is 11.7. The first kappa shape index (κ1) is 15.6. The topological polar surface area (TPSA) is 73.7 Å². The van der Waals surface area contributed by atoms with Gasteiger partial charge in [-0.1, -0.05) is 42.5 Å². The van der Waals surface area contributed by atoms with Crippen molar-refractivity contribution in [1.82, 2.24) is 5.43 Å². The monoisotopic (exact) mass is 319 g/mol. The average molecular weight is 319 g/mol. The van der Waals surface area contributed by atoms with E-state index in [0.717, 1.165) is 16.5 Å². The number of carbonyl (C=O) groups excluding carboxylic acids is 1. The Morgan fingerprint density at radius 3 is 2.62 bits per heavy atom. The zero-order valence-corrected chi connectivity index (χ0v) is 13.2. The number of nitrogens with zero attached hydrogens (tertiary/aromatic N) is 1. The van der Waals surface area contributed by atoms with Gasteiger partial charge in [-0.05, 0) is 29.0 Å². The number of hydrogen-bond donors (Lipinski definition) is 3. The van der Waals surface area contributed by atoms with Crippen molar-refractivity contribution >= 4 is 28.6 Å². The largest absolute Gasteiger partial charge is 0.507 e. The van der Waals surface area contributed by atoms with Crippen molar-refractivity contribution in [2.75, 3.05) is 12.4 Å². The molecule has 0 fully saturated rings. The summed E-state index contributed by atoms with van der Waals surface area (Å²) >= 11 is 0. The first-order valence-corrected chi connectivity index (χ1v) is 7.51. The van der Waals surface area contributed by atoms with Gasteiger partial charge < -0.3 is 10.4 Å². The fourth-order valence-electron chi connectivity index (χ4n) is 2.53. The van der Waals surface area contributed by atoms with Crippen molar-refractivity contribution in [1.29, 1.82) is 0 Å². The fraction of sp³-hybridized carbons (Fsp3) is 0.0526. The lowest BCUT2D eigenvalue weighted by atomic mass is 10.0. The number of anilines is 1. The maximum Gasteiger partial charge on any atom is 0.273 e. The molecular formula is C19H17N3O2. The maximum atomic E-state index is 12.2. The molecular weight excluding hydrogens is 302 g/mol. The summed E-state index contributed by atoms with van der Waals surface area (Å²) in [6.45, 7) is 0. The van der Waals surface area contributed by atoms with Crippen molar-refractivity contribution in [3.63, 3.8) is 0 Å². The molecule has 0 aliphatic heterocycles. The van der Waals surface area contributed by atoms with E-state index in [-0.39, 0.29) is 11.7 Å². The fourth-order valence-corrected chi connectivity index (χ4v) is 2.53. The van der Waals surface area contributed by atoms with Crippen molar-refractivity contribution in [2.45, 2.75) is 0 Å². The van der Waals surface area contributed by atoms with Crippen LogP contribution in [0.3, 0.4) is 0 Å². The molecule has 0 saturated carbocycles. The first-order valence-electron chi connectivity index (χ1n) is 7.51. The molecule has 0 bridgehead atoms. The minimum atomic E-state index is -0.323. The molecule has 3 aromatic rings. The van der Waals surface area contributed by atoms with E-state index in [0.29, 0.717) is 11.1 Å². The molecule has 0 spiro atoms. The van der Waals surface area contributed by atoms with Crippen LogP contribution >= 0.6 is 0 Å². The summed E-state index contributed by atoms with van der Waals surface area (Å²) in [5.41, 5.74) is 4.28. The molecule has 24 heavy (non-hydrogen) atoms. The lowest BCUT2D eigenvalue weighted by Crippen LogP contribution is -2.19. The molecule has 0 saturated heterocycles. The number of rotatable bonds is 4. The highest BCUT2D eigenvalue weighted by Gasteiger charge is 2.09. The minimum absolute atomic E-state index is 0.113. The standard InChI is InChI=1S/C19H17N3O2/c1-20-17-9-5-4-8-15(17)19(24)22-21-12-16-14-7-3-2-6-13(14)10-11-18(16)23/h2-12,20,23H,1H3,(H,22,24)/b21-12-. The number of phenolic OH excluding ortho intramolecular Hbond substituents is 1. The normalized spacial score (nSPS) is 10.9. The van der Waals surface area contributed by atoms with Gasteiger partial charge in [0.25, 0.3) is 5.91 Å². The highest BCUT2D eigenvalue weighted by molar-refractivity contribution is 6.03. The summed E-state index contributed by atoms with van der Waals surface area (Å²) in [6.07, 6.45) is 1.46. The van der Waals surface area contributed by atoms with E-state index in [9.17, 15) is 9.90 Å². The average Bonchev–Trinajstić information content (AvgIpc) is 2.63. The minimum Gasteiger partial charge on any atom is -0.507 e. The van der Waals surface area contributed by atoms with Gasteiger partial charge in [-0.25, -0.2) is 5.43 Å².